The number of fused-ring (bicyclic) bond motifs is 1. The van der Waals surface area contributed by atoms with Gasteiger partial charge in [-0.15, -0.1) is 0 Å². The molecule has 1 atom stereocenters. The Hall–Kier alpha value is -4.14. The number of methoxy groups -OCH3 is 1. The molecule has 0 fully saturated rings. The van der Waals surface area contributed by atoms with Crippen molar-refractivity contribution in [3.63, 3.8) is 0 Å². The van der Waals surface area contributed by atoms with Crippen LogP contribution in [0.3, 0.4) is 0 Å². The molecule has 0 saturated carbocycles. The van der Waals surface area contributed by atoms with E-state index in [2.05, 4.69) is 49.3 Å². The van der Waals surface area contributed by atoms with E-state index in [1.807, 2.05) is 0 Å². The van der Waals surface area contributed by atoms with Crippen LogP contribution in [0.15, 0.2) is 61.2 Å². The summed E-state index contributed by atoms with van der Waals surface area (Å²) in [6, 6.07) is 10.2. The van der Waals surface area contributed by atoms with Crippen molar-refractivity contribution in [3.8, 4) is 17.2 Å². The van der Waals surface area contributed by atoms with Gasteiger partial charge in [0.25, 0.3) is 5.91 Å². The number of hydrogen-bond acceptors (Lipinski definition) is 7. The van der Waals surface area contributed by atoms with Crippen LogP contribution in [-0.4, -0.2) is 55.9 Å². The van der Waals surface area contributed by atoms with Gasteiger partial charge in [0.2, 0.25) is 0 Å². The Balaban J connectivity index is 1.55. The van der Waals surface area contributed by atoms with Crippen LogP contribution in [0.1, 0.15) is 43.5 Å². The summed E-state index contributed by atoms with van der Waals surface area (Å²) in [6.45, 7) is 11.1. The average molecular weight is 720 g/mol. The molecule has 0 bridgehead atoms. The summed E-state index contributed by atoms with van der Waals surface area (Å²) in [5.74, 6) is -1.26. The number of carbonyl (C=O) groups is 1. The van der Waals surface area contributed by atoms with Gasteiger partial charge >= 0.3 is 6.18 Å². The zero-order valence-electron chi connectivity index (χ0n) is 28.0. The van der Waals surface area contributed by atoms with Crippen LogP contribution in [0.5, 0.6) is 11.5 Å². The minimum Gasteiger partial charge on any atom is -0.497 e. The van der Waals surface area contributed by atoms with Crippen molar-refractivity contribution < 1.29 is 36.3 Å². The van der Waals surface area contributed by atoms with E-state index in [1.165, 1.54) is 29.3 Å². The minimum absolute atomic E-state index is 0.0151. The largest absolute Gasteiger partial charge is 0.497 e. The Morgan fingerprint density at radius 2 is 1.84 bits per heavy atom. The van der Waals surface area contributed by atoms with Crippen LogP contribution in [-0.2, 0) is 21.8 Å². The predicted octanol–water partition coefficient (Wildman–Crippen LogP) is 8.23. The molecule has 4 aromatic rings. The summed E-state index contributed by atoms with van der Waals surface area (Å²) < 4.78 is 75.2. The monoisotopic (exact) mass is 719 g/mol. The molecule has 1 N–H and O–H groups in total. The Kier molecular flexibility index (Phi) is 10.3. The Bertz CT molecular complexity index is 1820. The summed E-state index contributed by atoms with van der Waals surface area (Å²) in [5, 5.41) is 7.76. The fourth-order valence-corrected chi connectivity index (χ4v) is 6.43. The number of nitrogens with zero attached hydrogens (tertiary/aromatic N) is 4. The van der Waals surface area contributed by atoms with Crippen molar-refractivity contribution >= 4 is 37.2 Å². The zero-order valence-corrected chi connectivity index (χ0v) is 29.7. The third kappa shape index (κ3) is 8.02. The van der Waals surface area contributed by atoms with Crippen LogP contribution in [0.4, 0.5) is 28.9 Å². The van der Waals surface area contributed by atoms with E-state index in [9.17, 15) is 22.4 Å². The number of carbonyl (C=O) groups excluding carboxylic acids is 1. The maximum Gasteiger partial charge on any atom is 0.419 e. The predicted molar refractivity (Wildman–Crippen MR) is 182 cm³/mol. The van der Waals surface area contributed by atoms with Gasteiger partial charge in [-0.25, -0.2) is 14.1 Å². The molecule has 5 rings (SSSR count). The number of nitrogens with one attached hydrogen (secondary N) is 1. The molecule has 262 valence electrons. The van der Waals surface area contributed by atoms with E-state index in [-0.39, 0.29) is 42.7 Å². The molecule has 0 saturated heterocycles. The lowest BCUT2D eigenvalue weighted by Crippen LogP contribution is -2.41. The topological polar surface area (TPSA) is 90.7 Å². The Labute approximate surface area is 288 Å². The van der Waals surface area contributed by atoms with E-state index in [4.69, 9.17) is 25.5 Å². The van der Waals surface area contributed by atoms with Crippen LogP contribution in [0, 0.1) is 5.82 Å². The molecule has 0 spiro atoms. The Morgan fingerprint density at radius 1 is 1.08 bits per heavy atom. The molecular weight excluding hydrogens is 682 g/mol. The molecule has 1 unspecified atom stereocenters. The first-order chi connectivity index (χ1) is 23.0. The number of hydrogen-bond donors (Lipinski definition) is 1. The third-order valence-corrected chi connectivity index (χ3v) is 13.7. The normalized spacial score (nSPS) is 14.1. The van der Waals surface area contributed by atoms with Gasteiger partial charge in [0.15, 0.2) is 8.32 Å². The minimum atomic E-state index is -4.95. The van der Waals surface area contributed by atoms with Crippen molar-refractivity contribution in [2.45, 2.75) is 57.5 Å². The number of alkyl halides is 3. The number of halogens is 5. The second-order valence-electron chi connectivity index (χ2n) is 13.2. The van der Waals surface area contributed by atoms with Crippen molar-refractivity contribution in [1.29, 1.82) is 0 Å². The van der Waals surface area contributed by atoms with Crippen molar-refractivity contribution in [2.24, 2.45) is 0 Å². The number of rotatable bonds is 11. The summed E-state index contributed by atoms with van der Waals surface area (Å²) in [7, 11) is -0.590. The number of aromatic nitrogens is 3. The summed E-state index contributed by atoms with van der Waals surface area (Å²) in [5.41, 5.74) is 0.204. The quantitative estimate of drug-likeness (QED) is 0.0949. The van der Waals surface area contributed by atoms with Gasteiger partial charge in [0, 0.05) is 40.6 Å². The van der Waals surface area contributed by atoms with Gasteiger partial charge in [0.1, 0.15) is 42.6 Å². The van der Waals surface area contributed by atoms with Crippen LogP contribution in [0.2, 0.25) is 23.2 Å². The molecule has 1 aliphatic heterocycles. The standard InChI is InChI=1S/C34H38ClF4N5O4Si/c1-33(2,3)49(5,6)48-12-11-47-30-14-22(35)7-8-26(30)31(42-23-15-24(17-25(16-23)46-4)44-20-40-19-41-44)32(45)43-10-9-21-13-28(36)27(18-29(21)43)34(37,38)39/h7-8,13-20,31,42H,9-12H2,1-6H3. The van der Waals surface area contributed by atoms with Crippen LogP contribution >= 0.6 is 11.6 Å². The first kappa shape index (κ1) is 36.1. The molecule has 9 nitrogen and oxygen atoms in total. The molecule has 1 amide bonds. The molecule has 3 aromatic carbocycles. The van der Waals surface area contributed by atoms with E-state index in [1.54, 1.807) is 36.4 Å². The highest BCUT2D eigenvalue weighted by Gasteiger charge is 2.40. The number of ether oxygens (including phenoxy) is 2. The maximum absolute atomic E-state index is 14.6. The summed E-state index contributed by atoms with van der Waals surface area (Å²) in [6.07, 6.45) is -1.91. The molecule has 49 heavy (non-hydrogen) atoms. The highest BCUT2D eigenvalue weighted by Crippen LogP contribution is 2.41. The van der Waals surface area contributed by atoms with E-state index < -0.39 is 37.8 Å². The second-order valence-corrected chi connectivity index (χ2v) is 18.4. The second kappa shape index (κ2) is 14.0. The van der Waals surface area contributed by atoms with Gasteiger partial charge in [0.05, 0.1) is 25.0 Å². The molecule has 2 heterocycles. The SMILES string of the molecule is COc1cc(NC(C(=O)N2CCc3cc(F)c(C(F)(F)F)cc32)c2ccc(Cl)cc2OCCO[Si](C)(C)C(C)(C)C)cc(-n2cncn2)c1. The molecule has 15 heteroatoms. The molecular formula is C34H38ClF4N5O4Si. The van der Waals surface area contributed by atoms with Crippen molar-refractivity contribution in [2.75, 3.05) is 37.1 Å². The lowest BCUT2D eigenvalue weighted by Gasteiger charge is -2.36. The Morgan fingerprint density at radius 3 is 2.49 bits per heavy atom. The maximum atomic E-state index is 14.6. The number of anilines is 2. The lowest BCUT2D eigenvalue weighted by molar-refractivity contribution is -0.140. The molecule has 0 aliphatic carbocycles. The first-order valence-electron chi connectivity index (χ1n) is 15.6. The van der Waals surface area contributed by atoms with E-state index in [0.29, 0.717) is 39.3 Å². The van der Waals surface area contributed by atoms with Gasteiger partial charge in [-0.05, 0) is 60.4 Å². The molecule has 1 aliphatic rings. The van der Waals surface area contributed by atoms with Gasteiger partial charge in [-0.2, -0.15) is 18.3 Å². The number of amides is 1. The highest BCUT2D eigenvalue weighted by atomic mass is 35.5. The van der Waals surface area contributed by atoms with Crippen LogP contribution in [0.25, 0.3) is 5.69 Å². The van der Waals surface area contributed by atoms with Crippen molar-refractivity contribution in [3.05, 3.63) is 88.7 Å². The van der Waals surface area contributed by atoms with Gasteiger partial charge in [-0.1, -0.05) is 38.4 Å². The van der Waals surface area contributed by atoms with Gasteiger partial charge in [-0.3, -0.25) is 4.79 Å². The fourth-order valence-electron chi connectivity index (χ4n) is 5.24. The van der Waals surface area contributed by atoms with E-state index in [0.717, 1.165) is 6.07 Å². The average Bonchev–Trinajstić information content (AvgIpc) is 3.71. The van der Waals surface area contributed by atoms with Crippen LogP contribution < -0.4 is 19.7 Å². The van der Waals surface area contributed by atoms with E-state index >= 15 is 0 Å². The lowest BCUT2D eigenvalue weighted by atomic mass is 10.0. The molecule has 0 radical (unpaired) electrons. The third-order valence-electron chi connectivity index (χ3n) is 8.90. The first-order valence-corrected chi connectivity index (χ1v) is 18.8. The number of benzene rings is 3. The summed E-state index contributed by atoms with van der Waals surface area (Å²) >= 11 is 6.40. The smallest absolute Gasteiger partial charge is 0.419 e. The van der Waals surface area contributed by atoms with Gasteiger partial charge < -0.3 is 24.1 Å². The highest BCUT2D eigenvalue weighted by molar-refractivity contribution is 6.74. The fraction of sp³-hybridized carbons (Fsp3) is 0.382. The zero-order chi connectivity index (χ0) is 35.7. The molecule has 1 aromatic heterocycles. The van der Waals surface area contributed by atoms with Crippen molar-refractivity contribution in [1.82, 2.24) is 14.8 Å². The summed E-state index contributed by atoms with van der Waals surface area (Å²) in [4.78, 5) is 19.8.